The van der Waals surface area contributed by atoms with Crippen molar-refractivity contribution in [2.75, 3.05) is 23.7 Å². The zero-order valence-electron chi connectivity index (χ0n) is 19.2. The summed E-state index contributed by atoms with van der Waals surface area (Å²) in [5.74, 6) is -0.693. The first-order chi connectivity index (χ1) is 17.2. The number of benzene rings is 3. The molecule has 2 heterocycles. The lowest BCUT2D eigenvalue weighted by Gasteiger charge is -2.29. The number of amides is 1. The van der Waals surface area contributed by atoms with Gasteiger partial charge in [0, 0.05) is 30.0 Å². The van der Waals surface area contributed by atoms with Crippen molar-refractivity contribution in [3.63, 3.8) is 0 Å². The van der Waals surface area contributed by atoms with Gasteiger partial charge in [0.05, 0.1) is 28.2 Å². The summed E-state index contributed by atoms with van der Waals surface area (Å²) in [5, 5.41) is 9.61. The average molecular weight is 493 g/mol. The molecule has 1 aromatic heterocycles. The van der Waals surface area contributed by atoms with E-state index in [9.17, 15) is 22.8 Å². The van der Waals surface area contributed by atoms with Gasteiger partial charge in [0.2, 0.25) is 0 Å². The second-order valence-electron chi connectivity index (χ2n) is 8.69. The van der Waals surface area contributed by atoms with Crippen molar-refractivity contribution in [2.45, 2.75) is 19.1 Å². The SMILES string of the molecule is Cc1ccc(NC(=O)c2cccc(C(F)(F)F)c2)cc1-n1cnc2ccc(NC3CNC3)cc2c1=O. The van der Waals surface area contributed by atoms with Crippen molar-refractivity contribution >= 4 is 28.2 Å². The van der Waals surface area contributed by atoms with Gasteiger partial charge >= 0.3 is 6.18 Å². The fraction of sp³-hybridized carbons (Fsp3) is 0.192. The Kier molecular flexibility index (Phi) is 5.97. The minimum atomic E-state index is -4.55. The molecule has 0 bridgehead atoms. The first-order valence-corrected chi connectivity index (χ1v) is 11.3. The summed E-state index contributed by atoms with van der Waals surface area (Å²) in [7, 11) is 0. The Morgan fingerprint density at radius 1 is 1.06 bits per heavy atom. The fourth-order valence-electron chi connectivity index (χ4n) is 4.00. The number of hydrogen-bond donors (Lipinski definition) is 3. The van der Waals surface area contributed by atoms with Crippen molar-refractivity contribution in [3.05, 3.63) is 94.0 Å². The minimum absolute atomic E-state index is 0.127. The van der Waals surface area contributed by atoms with Crippen LogP contribution < -0.4 is 21.5 Å². The van der Waals surface area contributed by atoms with E-state index in [0.717, 1.165) is 36.5 Å². The number of hydrogen-bond acceptors (Lipinski definition) is 5. The smallest absolute Gasteiger partial charge is 0.380 e. The molecule has 1 aliphatic heterocycles. The van der Waals surface area contributed by atoms with E-state index >= 15 is 0 Å². The number of alkyl halides is 3. The number of aryl methyl sites for hydroxylation is 1. The maximum absolute atomic E-state index is 13.4. The van der Waals surface area contributed by atoms with Gasteiger partial charge in [0.15, 0.2) is 0 Å². The third-order valence-corrected chi connectivity index (χ3v) is 6.09. The Balaban J connectivity index is 1.46. The molecule has 1 fully saturated rings. The molecule has 7 nitrogen and oxygen atoms in total. The van der Waals surface area contributed by atoms with E-state index in [1.807, 2.05) is 13.0 Å². The molecule has 36 heavy (non-hydrogen) atoms. The van der Waals surface area contributed by atoms with Crippen LogP contribution in [0.4, 0.5) is 24.5 Å². The van der Waals surface area contributed by atoms with Crippen LogP contribution in [0.15, 0.2) is 71.8 Å². The lowest BCUT2D eigenvalue weighted by atomic mass is 10.1. The highest BCUT2D eigenvalue weighted by molar-refractivity contribution is 6.04. The lowest BCUT2D eigenvalue weighted by molar-refractivity contribution is -0.137. The summed E-state index contributed by atoms with van der Waals surface area (Å²) in [6, 6.07) is 14.9. The van der Waals surface area contributed by atoms with Crippen LogP contribution in [0.1, 0.15) is 21.5 Å². The molecule has 10 heteroatoms. The van der Waals surface area contributed by atoms with Crippen LogP contribution in [-0.4, -0.2) is 34.6 Å². The molecule has 3 aromatic carbocycles. The molecule has 0 atom stereocenters. The number of halogens is 3. The topological polar surface area (TPSA) is 88.1 Å². The van der Waals surface area contributed by atoms with E-state index in [1.54, 1.807) is 30.3 Å². The van der Waals surface area contributed by atoms with Crippen LogP contribution in [-0.2, 0) is 6.18 Å². The van der Waals surface area contributed by atoms with Crippen molar-refractivity contribution in [3.8, 4) is 5.69 Å². The second kappa shape index (κ2) is 9.12. The van der Waals surface area contributed by atoms with Gasteiger partial charge in [-0.3, -0.25) is 14.2 Å². The number of rotatable bonds is 5. The highest BCUT2D eigenvalue weighted by atomic mass is 19.4. The van der Waals surface area contributed by atoms with Crippen molar-refractivity contribution in [1.82, 2.24) is 14.9 Å². The summed E-state index contributed by atoms with van der Waals surface area (Å²) in [6.45, 7) is 3.52. The summed E-state index contributed by atoms with van der Waals surface area (Å²) in [6.07, 6.45) is -3.13. The summed E-state index contributed by atoms with van der Waals surface area (Å²) < 4.78 is 40.5. The van der Waals surface area contributed by atoms with Gasteiger partial charge in [-0.15, -0.1) is 0 Å². The van der Waals surface area contributed by atoms with Crippen molar-refractivity contribution < 1.29 is 18.0 Å². The largest absolute Gasteiger partial charge is 0.416 e. The Morgan fingerprint density at radius 2 is 1.83 bits per heavy atom. The zero-order chi connectivity index (χ0) is 25.4. The monoisotopic (exact) mass is 493 g/mol. The molecule has 3 N–H and O–H groups in total. The quantitative estimate of drug-likeness (QED) is 0.385. The van der Waals surface area contributed by atoms with E-state index < -0.39 is 17.6 Å². The molecule has 0 unspecified atom stereocenters. The predicted molar refractivity (Wildman–Crippen MR) is 132 cm³/mol. The molecule has 4 aromatic rings. The Morgan fingerprint density at radius 3 is 2.56 bits per heavy atom. The van der Waals surface area contributed by atoms with Gasteiger partial charge < -0.3 is 16.0 Å². The van der Waals surface area contributed by atoms with Gasteiger partial charge in [0.25, 0.3) is 11.5 Å². The molecule has 0 saturated carbocycles. The molecule has 1 aliphatic rings. The Labute approximate surface area is 204 Å². The van der Waals surface area contributed by atoms with Crippen LogP contribution in [0.3, 0.4) is 0 Å². The second-order valence-corrected chi connectivity index (χ2v) is 8.69. The number of aromatic nitrogens is 2. The molecule has 5 rings (SSSR count). The number of nitrogens with one attached hydrogen (secondary N) is 3. The number of carbonyl (C=O) groups is 1. The number of carbonyl (C=O) groups excluding carboxylic acids is 1. The average Bonchev–Trinajstić information content (AvgIpc) is 2.83. The van der Waals surface area contributed by atoms with E-state index in [4.69, 9.17) is 0 Å². The van der Waals surface area contributed by atoms with Crippen LogP contribution in [0.5, 0.6) is 0 Å². The van der Waals surface area contributed by atoms with Crippen LogP contribution in [0, 0.1) is 6.92 Å². The standard InChI is InChI=1S/C26H22F3N5O2/c1-15-5-6-19(33-24(35)16-3-2-4-17(9-16)26(27,28)29)11-23(15)34-14-31-22-8-7-18(10-21(22)25(34)36)32-20-12-30-13-20/h2-11,14,20,30,32H,12-13H2,1H3,(H,33,35). The van der Waals surface area contributed by atoms with Crippen LogP contribution >= 0.6 is 0 Å². The summed E-state index contributed by atoms with van der Waals surface area (Å²) in [5.41, 5.74) is 1.65. The molecule has 1 amide bonds. The predicted octanol–water partition coefficient (Wildman–Crippen LogP) is 4.35. The number of fused-ring (bicyclic) bond motifs is 1. The molecular weight excluding hydrogens is 471 g/mol. The maximum Gasteiger partial charge on any atom is 0.416 e. The Bertz CT molecular complexity index is 1530. The molecule has 0 radical (unpaired) electrons. The van der Waals surface area contributed by atoms with Gasteiger partial charge in [-0.2, -0.15) is 13.2 Å². The molecule has 184 valence electrons. The molecule has 1 saturated heterocycles. The van der Waals surface area contributed by atoms with Crippen LogP contribution in [0.2, 0.25) is 0 Å². The number of nitrogens with zero attached hydrogens (tertiary/aromatic N) is 2. The summed E-state index contributed by atoms with van der Waals surface area (Å²) in [4.78, 5) is 30.4. The van der Waals surface area contributed by atoms with Gasteiger partial charge in [-0.05, 0) is 61.0 Å². The van der Waals surface area contributed by atoms with E-state index in [0.29, 0.717) is 28.3 Å². The summed E-state index contributed by atoms with van der Waals surface area (Å²) >= 11 is 0. The van der Waals surface area contributed by atoms with E-state index in [1.165, 1.54) is 23.0 Å². The third-order valence-electron chi connectivity index (χ3n) is 6.09. The van der Waals surface area contributed by atoms with E-state index in [2.05, 4.69) is 20.9 Å². The van der Waals surface area contributed by atoms with Crippen LogP contribution in [0.25, 0.3) is 16.6 Å². The first kappa shape index (κ1) is 23.6. The highest BCUT2D eigenvalue weighted by Gasteiger charge is 2.31. The fourth-order valence-corrected chi connectivity index (χ4v) is 4.00. The molecule has 0 spiro atoms. The van der Waals surface area contributed by atoms with Gasteiger partial charge in [-0.1, -0.05) is 12.1 Å². The van der Waals surface area contributed by atoms with Crippen molar-refractivity contribution in [2.24, 2.45) is 0 Å². The Hall–Kier alpha value is -4.18. The van der Waals surface area contributed by atoms with Crippen molar-refractivity contribution in [1.29, 1.82) is 0 Å². The molecular formula is C26H22F3N5O2. The van der Waals surface area contributed by atoms with Gasteiger partial charge in [0.1, 0.15) is 6.33 Å². The maximum atomic E-state index is 13.4. The van der Waals surface area contributed by atoms with Gasteiger partial charge in [-0.25, -0.2) is 4.98 Å². The highest BCUT2D eigenvalue weighted by Crippen LogP contribution is 2.30. The lowest BCUT2D eigenvalue weighted by Crippen LogP contribution is -2.51. The van der Waals surface area contributed by atoms with E-state index in [-0.39, 0.29) is 11.1 Å². The zero-order valence-corrected chi connectivity index (χ0v) is 19.2. The first-order valence-electron chi connectivity index (χ1n) is 11.3. The normalized spacial score (nSPS) is 13.9. The minimum Gasteiger partial charge on any atom is -0.380 e. The number of anilines is 2. The third kappa shape index (κ3) is 4.67. The molecule has 0 aliphatic carbocycles.